The highest BCUT2D eigenvalue weighted by Gasteiger charge is 2.23. The molecule has 0 amide bonds. The molecule has 32 heavy (non-hydrogen) atoms. The molecule has 0 bridgehead atoms. The van der Waals surface area contributed by atoms with Gasteiger partial charge in [-0.05, 0) is 44.0 Å². The van der Waals surface area contributed by atoms with Crippen molar-refractivity contribution in [1.29, 1.82) is 5.26 Å². The van der Waals surface area contributed by atoms with Crippen molar-refractivity contribution < 1.29 is 23.4 Å². The number of nitrogens with one attached hydrogen (secondary N) is 1. The van der Waals surface area contributed by atoms with E-state index in [0.717, 1.165) is 17.4 Å². The largest absolute Gasteiger partial charge is 0.493 e. The fourth-order valence-electron chi connectivity index (χ4n) is 3.28. The summed E-state index contributed by atoms with van der Waals surface area (Å²) in [6.45, 7) is 1.73. The van der Waals surface area contributed by atoms with Crippen molar-refractivity contribution in [3.8, 4) is 11.9 Å². The topological polar surface area (TPSA) is 166 Å². The molecule has 2 aromatic rings. The van der Waals surface area contributed by atoms with Crippen molar-refractivity contribution in [2.24, 2.45) is 10.2 Å². The summed E-state index contributed by atoms with van der Waals surface area (Å²) in [4.78, 5) is 12.9. The second-order valence-electron chi connectivity index (χ2n) is 7.15. The van der Waals surface area contributed by atoms with Crippen LogP contribution in [0.4, 0.5) is 11.4 Å². The molecule has 1 saturated heterocycles. The molecule has 2 heterocycles. The number of aliphatic hydroxyl groups is 1. The van der Waals surface area contributed by atoms with Crippen molar-refractivity contribution in [3.05, 3.63) is 45.7 Å². The zero-order valence-electron chi connectivity index (χ0n) is 17.4. The predicted molar refractivity (Wildman–Crippen MR) is 114 cm³/mol. The van der Waals surface area contributed by atoms with E-state index in [-0.39, 0.29) is 53.2 Å². The molecule has 11 nitrogen and oxygen atoms in total. The van der Waals surface area contributed by atoms with Crippen LogP contribution < -0.4 is 10.3 Å². The maximum Gasteiger partial charge on any atom is 0.281 e. The van der Waals surface area contributed by atoms with E-state index in [4.69, 9.17) is 9.84 Å². The lowest BCUT2D eigenvalue weighted by Crippen LogP contribution is -2.27. The molecule has 170 valence electrons. The van der Waals surface area contributed by atoms with E-state index in [2.05, 4.69) is 15.0 Å². The van der Waals surface area contributed by atoms with Crippen LogP contribution in [0, 0.1) is 18.3 Å². The first-order chi connectivity index (χ1) is 15.3. The summed E-state index contributed by atoms with van der Waals surface area (Å²) in [7, 11) is -3.76. The molecular weight excluding hydrogens is 438 g/mol. The molecule has 1 aliphatic heterocycles. The summed E-state index contributed by atoms with van der Waals surface area (Å²) in [5.74, 6) is -0.436. The summed E-state index contributed by atoms with van der Waals surface area (Å²) in [6, 6.07) is 7.33. The first-order valence-corrected chi connectivity index (χ1v) is 11.4. The Morgan fingerprint density at radius 1 is 1.31 bits per heavy atom. The van der Waals surface area contributed by atoms with E-state index in [0.29, 0.717) is 6.61 Å². The molecule has 1 aromatic heterocycles. The maximum absolute atomic E-state index is 12.9. The fourth-order valence-corrected chi connectivity index (χ4v) is 4.30. The van der Waals surface area contributed by atoms with Gasteiger partial charge < -0.3 is 14.9 Å². The lowest BCUT2D eigenvalue weighted by atomic mass is 10.1. The van der Waals surface area contributed by atoms with Gasteiger partial charge in [0.05, 0.1) is 29.8 Å². The number of aromatic hydroxyl groups is 1. The number of sulfonamides is 1. The molecule has 12 heteroatoms. The second-order valence-corrected chi connectivity index (χ2v) is 8.92. The van der Waals surface area contributed by atoms with Crippen LogP contribution >= 0.6 is 0 Å². The molecule has 1 unspecified atom stereocenters. The number of aliphatic hydroxyl groups excluding tert-OH is 1. The van der Waals surface area contributed by atoms with Gasteiger partial charge in [-0.15, -0.1) is 5.11 Å². The predicted octanol–water partition coefficient (Wildman–Crippen LogP) is 1.60. The SMILES string of the molecule is Cc1c(C#N)c(O)n(CC2CCCO2)c(=O)c1N=Nc1ccc(S(=O)(=O)NCCO)cc1. The fraction of sp³-hybridized carbons (Fsp3) is 0.400. The minimum Gasteiger partial charge on any atom is -0.493 e. The smallest absolute Gasteiger partial charge is 0.281 e. The van der Waals surface area contributed by atoms with Gasteiger partial charge in [-0.1, -0.05) is 0 Å². The van der Waals surface area contributed by atoms with Gasteiger partial charge >= 0.3 is 0 Å². The van der Waals surface area contributed by atoms with E-state index in [9.17, 15) is 23.6 Å². The summed E-state index contributed by atoms with van der Waals surface area (Å²) >= 11 is 0. The summed E-state index contributed by atoms with van der Waals surface area (Å²) < 4.78 is 33.0. The van der Waals surface area contributed by atoms with Crippen LogP contribution in [0.2, 0.25) is 0 Å². The van der Waals surface area contributed by atoms with Crippen molar-refractivity contribution in [3.63, 3.8) is 0 Å². The van der Waals surface area contributed by atoms with Crippen LogP contribution in [-0.2, 0) is 21.3 Å². The Balaban J connectivity index is 1.92. The highest BCUT2D eigenvalue weighted by atomic mass is 32.2. The number of nitriles is 1. The monoisotopic (exact) mass is 461 g/mol. The van der Waals surface area contributed by atoms with Crippen LogP contribution in [0.1, 0.15) is 24.0 Å². The quantitative estimate of drug-likeness (QED) is 0.502. The highest BCUT2D eigenvalue weighted by molar-refractivity contribution is 7.89. The van der Waals surface area contributed by atoms with Crippen LogP contribution in [-0.4, -0.2) is 49.1 Å². The molecule has 1 atom stereocenters. The van der Waals surface area contributed by atoms with Gasteiger partial charge in [-0.2, -0.15) is 10.4 Å². The van der Waals surface area contributed by atoms with E-state index in [1.54, 1.807) is 0 Å². The minimum atomic E-state index is -3.76. The van der Waals surface area contributed by atoms with Gasteiger partial charge in [-0.3, -0.25) is 9.36 Å². The Kier molecular flexibility index (Phi) is 7.37. The Morgan fingerprint density at radius 3 is 2.62 bits per heavy atom. The highest BCUT2D eigenvalue weighted by Crippen LogP contribution is 2.28. The summed E-state index contributed by atoms with van der Waals surface area (Å²) in [6.07, 6.45) is 1.35. The Hall–Kier alpha value is -3.11. The molecule has 1 fully saturated rings. The van der Waals surface area contributed by atoms with E-state index in [1.807, 2.05) is 6.07 Å². The minimum absolute atomic E-state index is 0.0172. The molecule has 0 saturated carbocycles. The number of rotatable bonds is 8. The van der Waals surface area contributed by atoms with E-state index in [1.165, 1.54) is 31.2 Å². The number of nitrogens with zero attached hydrogens (tertiary/aromatic N) is 4. The zero-order valence-corrected chi connectivity index (χ0v) is 18.2. The van der Waals surface area contributed by atoms with Gasteiger partial charge in [-0.25, -0.2) is 13.1 Å². The Labute approximate surface area is 184 Å². The first kappa shape index (κ1) is 23.6. The van der Waals surface area contributed by atoms with Crippen molar-refractivity contribution in [2.45, 2.75) is 37.3 Å². The van der Waals surface area contributed by atoms with Gasteiger partial charge in [0.15, 0.2) is 5.69 Å². The van der Waals surface area contributed by atoms with Gasteiger partial charge in [0.1, 0.15) is 11.6 Å². The average molecular weight is 462 g/mol. The number of aromatic nitrogens is 1. The molecular formula is C20H23N5O6S. The van der Waals surface area contributed by atoms with Crippen molar-refractivity contribution in [1.82, 2.24) is 9.29 Å². The summed E-state index contributed by atoms with van der Waals surface area (Å²) in [5.41, 5.74) is -0.311. The summed E-state index contributed by atoms with van der Waals surface area (Å²) in [5, 5.41) is 36.6. The van der Waals surface area contributed by atoms with Crippen LogP contribution in [0.15, 0.2) is 44.2 Å². The number of ether oxygens (including phenoxy) is 1. The second kappa shape index (κ2) is 10.0. The molecule has 0 radical (unpaired) electrons. The average Bonchev–Trinajstić information content (AvgIpc) is 3.29. The Bertz CT molecular complexity index is 1210. The third-order valence-corrected chi connectivity index (χ3v) is 6.47. The third kappa shape index (κ3) is 5.03. The van der Waals surface area contributed by atoms with Gasteiger partial charge in [0, 0.05) is 18.7 Å². The number of benzene rings is 1. The molecule has 1 aliphatic rings. The molecule has 3 N–H and O–H groups in total. The Morgan fingerprint density at radius 2 is 2.03 bits per heavy atom. The van der Waals surface area contributed by atoms with Crippen LogP contribution in [0.3, 0.4) is 0 Å². The van der Waals surface area contributed by atoms with Crippen molar-refractivity contribution >= 4 is 21.4 Å². The van der Waals surface area contributed by atoms with E-state index >= 15 is 0 Å². The molecule has 0 aliphatic carbocycles. The number of hydrogen-bond donors (Lipinski definition) is 3. The van der Waals surface area contributed by atoms with Crippen LogP contribution in [0.25, 0.3) is 0 Å². The lowest BCUT2D eigenvalue weighted by Gasteiger charge is -2.16. The molecule has 3 rings (SSSR count). The maximum atomic E-state index is 12.9. The zero-order chi connectivity index (χ0) is 23.3. The number of pyridine rings is 1. The molecule has 0 spiro atoms. The normalized spacial score (nSPS) is 16.5. The van der Waals surface area contributed by atoms with E-state index < -0.39 is 21.5 Å². The standard InChI is InChI=1S/C20H23N5O6S/c1-13-17(11-21)19(27)25(12-15-3-2-10-31-15)20(28)18(13)24-23-14-4-6-16(7-5-14)32(29,30)22-8-9-26/h4-7,15,22,26-27H,2-3,8-10,12H2,1H3. The number of hydrogen-bond acceptors (Lipinski definition) is 9. The van der Waals surface area contributed by atoms with Gasteiger partial charge in [0.25, 0.3) is 5.56 Å². The third-order valence-electron chi connectivity index (χ3n) is 5.00. The number of azo groups is 1. The first-order valence-electron chi connectivity index (χ1n) is 9.89. The lowest BCUT2D eigenvalue weighted by molar-refractivity contribution is 0.0939. The van der Waals surface area contributed by atoms with Crippen LogP contribution in [0.5, 0.6) is 5.88 Å². The molecule has 1 aromatic carbocycles. The van der Waals surface area contributed by atoms with Gasteiger partial charge in [0.2, 0.25) is 15.9 Å². The van der Waals surface area contributed by atoms with Crippen molar-refractivity contribution in [2.75, 3.05) is 19.8 Å².